The van der Waals surface area contributed by atoms with Gasteiger partial charge in [-0.15, -0.1) is 0 Å². The van der Waals surface area contributed by atoms with Crippen molar-refractivity contribution < 1.29 is 4.79 Å². The predicted octanol–water partition coefficient (Wildman–Crippen LogP) is 3.47. The van der Waals surface area contributed by atoms with Crippen molar-refractivity contribution >= 4 is 17.0 Å². The topological polar surface area (TPSA) is 20.3 Å². The summed E-state index contributed by atoms with van der Waals surface area (Å²) in [6, 6.07) is 10.3. The van der Waals surface area contributed by atoms with Crippen LogP contribution >= 0.6 is 11.6 Å². The van der Waals surface area contributed by atoms with Gasteiger partial charge in [0.25, 0.3) is 0 Å². The van der Waals surface area contributed by atoms with E-state index in [2.05, 4.69) is 19.1 Å². The molecule has 0 aromatic heterocycles. The van der Waals surface area contributed by atoms with Gasteiger partial charge in [0, 0.05) is 19.0 Å². The van der Waals surface area contributed by atoms with Gasteiger partial charge in [-0.25, -0.2) is 0 Å². The van der Waals surface area contributed by atoms with Crippen molar-refractivity contribution in [2.45, 2.75) is 19.3 Å². The van der Waals surface area contributed by atoms with Gasteiger partial charge in [-0.3, -0.25) is 4.79 Å². The zero-order chi connectivity index (χ0) is 11.5. The van der Waals surface area contributed by atoms with Crippen LogP contribution in [0.3, 0.4) is 0 Å². The Morgan fingerprint density at radius 2 is 2.00 bits per heavy atom. The monoisotopic (exact) mass is 237 g/mol. The first kappa shape index (κ1) is 11.5. The zero-order valence-corrected chi connectivity index (χ0v) is 10.2. The van der Waals surface area contributed by atoms with E-state index in [4.69, 9.17) is 11.6 Å². The quantitative estimate of drug-likeness (QED) is 0.541. The fourth-order valence-corrected chi connectivity index (χ4v) is 2.60. The van der Waals surface area contributed by atoms with E-state index >= 15 is 0 Å². The summed E-state index contributed by atoms with van der Waals surface area (Å²) in [5.74, 6) is 0.939. The fourth-order valence-electron chi connectivity index (χ4n) is 2.46. The summed E-state index contributed by atoms with van der Waals surface area (Å²) in [6.45, 7) is 3.70. The molecule has 0 aliphatic carbocycles. The van der Waals surface area contributed by atoms with Crippen LogP contribution in [-0.2, 0) is 0 Å². The second-order valence-corrected chi connectivity index (χ2v) is 4.93. The molecule has 16 heavy (non-hydrogen) atoms. The Balaban J connectivity index is 2.14. The molecule has 0 spiro atoms. The first-order valence-electron chi connectivity index (χ1n) is 5.66. The molecule has 1 aliphatic heterocycles. The average Bonchev–Trinajstić information content (AvgIpc) is 2.29. The maximum atomic E-state index is 11.2. The molecule has 2 atom stereocenters. The zero-order valence-electron chi connectivity index (χ0n) is 9.40. The summed E-state index contributed by atoms with van der Waals surface area (Å²) >= 11 is 5.56. The van der Waals surface area contributed by atoms with E-state index in [9.17, 15) is 4.79 Å². The van der Waals surface area contributed by atoms with Crippen molar-refractivity contribution in [3.05, 3.63) is 35.9 Å². The molecule has 2 nitrogen and oxygen atoms in total. The molecule has 0 radical (unpaired) electrons. The summed E-state index contributed by atoms with van der Waals surface area (Å²) in [5.41, 5.74) is 1.30. The van der Waals surface area contributed by atoms with Gasteiger partial charge in [-0.05, 0) is 29.5 Å². The molecule has 86 valence electrons. The minimum Gasteiger partial charge on any atom is -0.328 e. The summed E-state index contributed by atoms with van der Waals surface area (Å²) < 4.78 is 0. The van der Waals surface area contributed by atoms with Gasteiger partial charge >= 0.3 is 5.37 Å². The molecule has 0 bridgehead atoms. The number of piperidine rings is 1. The number of amides is 1. The number of carbonyl (C=O) groups excluding carboxylic acids is 1. The highest BCUT2D eigenvalue weighted by molar-refractivity contribution is 6.62. The van der Waals surface area contributed by atoms with Gasteiger partial charge in [0.15, 0.2) is 0 Å². The van der Waals surface area contributed by atoms with Crippen LogP contribution in [0.2, 0.25) is 0 Å². The maximum Gasteiger partial charge on any atom is 0.316 e. The lowest BCUT2D eigenvalue weighted by molar-refractivity contribution is 0.180. The Bertz CT molecular complexity index is 365. The minimum atomic E-state index is -0.326. The van der Waals surface area contributed by atoms with Crippen LogP contribution in [0.5, 0.6) is 0 Å². The number of likely N-dealkylation sites (tertiary alicyclic amines) is 1. The van der Waals surface area contributed by atoms with Crippen LogP contribution in [0, 0.1) is 5.92 Å². The molecule has 1 heterocycles. The fraction of sp³-hybridized carbons (Fsp3) is 0.462. The van der Waals surface area contributed by atoms with Crippen LogP contribution in [-0.4, -0.2) is 23.4 Å². The first-order valence-corrected chi connectivity index (χ1v) is 6.04. The summed E-state index contributed by atoms with van der Waals surface area (Å²) in [5, 5.41) is -0.326. The van der Waals surface area contributed by atoms with Crippen molar-refractivity contribution in [2.24, 2.45) is 5.92 Å². The molecule has 1 amide bonds. The Morgan fingerprint density at radius 3 is 2.62 bits per heavy atom. The number of halogens is 1. The van der Waals surface area contributed by atoms with E-state index in [0.29, 0.717) is 11.8 Å². The summed E-state index contributed by atoms with van der Waals surface area (Å²) in [6.07, 6.45) is 1.13. The number of hydrogen-bond donors (Lipinski definition) is 0. The van der Waals surface area contributed by atoms with Crippen molar-refractivity contribution in [1.82, 2.24) is 4.90 Å². The number of nitrogens with zero attached hydrogens (tertiary/aromatic N) is 1. The number of hydrogen-bond acceptors (Lipinski definition) is 1. The molecule has 2 rings (SSSR count). The van der Waals surface area contributed by atoms with Crippen molar-refractivity contribution in [3.63, 3.8) is 0 Å². The molecule has 1 aromatic rings. The van der Waals surface area contributed by atoms with Gasteiger partial charge in [-0.1, -0.05) is 37.3 Å². The Labute approximate surface area is 101 Å². The predicted molar refractivity (Wildman–Crippen MR) is 65.8 cm³/mol. The van der Waals surface area contributed by atoms with Gasteiger partial charge in [-0.2, -0.15) is 0 Å². The average molecular weight is 238 g/mol. The van der Waals surface area contributed by atoms with Crippen LogP contribution in [0.25, 0.3) is 0 Å². The van der Waals surface area contributed by atoms with Gasteiger partial charge in [0.05, 0.1) is 0 Å². The van der Waals surface area contributed by atoms with E-state index in [1.807, 2.05) is 18.2 Å². The SMILES string of the molecule is CC1CC(c2ccccc2)CN(C(=O)Cl)C1. The van der Waals surface area contributed by atoms with Gasteiger partial charge in [0.2, 0.25) is 0 Å². The van der Waals surface area contributed by atoms with E-state index in [0.717, 1.165) is 19.5 Å². The summed E-state index contributed by atoms with van der Waals surface area (Å²) in [4.78, 5) is 13.0. The number of rotatable bonds is 1. The number of carbonyl (C=O) groups is 1. The van der Waals surface area contributed by atoms with Crippen LogP contribution in [0.1, 0.15) is 24.8 Å². The largest absolute Gasteiger partial charge is 0.328 e. The second-order valence-electron chi connectivity index (χ2n) is 4.61. The molecule has 0 saturated carbocycles. The lowest BCUT2D eigenvalue weighted by Crippen LogP contribution is -2.40. The Hall–Kier alpha value is -1.02. The van der Waals surface area contributed by atoms with Crippen LogP contribution < -0.4 is 0 Å². The first-order chi connectivity index (χ1) is 7.66. The minimum absolute atomic E-state index is 0.326. The molecule has 2 unspecified atom stereocenters. The smallest absolute Gasteiger partial charge is 0.316 e. The van der Waals surface area contributed by atoms with Gasteiger partial charge < -0.3 is 4.90 Å². The van der Waals surface area contributed by atoms with Crippen molar-refractivity contribution in [1.29, 1.82) is 0 Å². The van der Waals surface area contributed by atoms with Crippen LogP contribution in [0.4, 0.5) is 4.79 Å². The molecular formula is C13H16ClNO. The lowest BCUT2D eigenvalue weighted by atomic mass is 9.86. The maximum absolute atomic E-state index is 11.2. The molecule has 1 aromatic carbocycles. The molecule has 1 aliphatic rings. The summed E-state index contributed by atoms with van der Waals surface area (Å²) in [7, 11) is 0. The lowest BCUT2D eigenvalue weighted by Gasteiger charge is -2.35. The Kier molecular flexibility index (Phi) is 3.49. The van der Waals surface area contributed by atoms with E-state index in [-0.39, 0.29) is 5.37 Å². The highest BCUT2D eigenvalue weighted by Crippen LogP contribution is 2.30. The highest BCUT2D eigenvalue weighted by atomic mass is 35.5. The van der Waals surface area contributed by atoms with E-state index in [1.165, 1.54) is 5.56 Å². The molecule has 1 fully saturated rings. The van der Waals surface area contributed by atoms with E-state index in [1.54, 1.807) is 4.90 Å². The van der Waals surface area contributed by atoms with Gasteiger partial charge in [0.1, 0.15) is 0 Å². The third-order valence-corrected chi connectivity index (χ3v) is 3.42. The normalized spacial score (nSPS) is 25.5. The standard InChI is InChI=1S/C13H16ClNO/c1-10-7-12(9-15(8-10)13(14)16)11-5-3-2-4-6-11/h2-6,10,12H,7-9H2,1H3. The van der Waals surface area contributed by atoms with Crippen molar-refractivity contribution in [2.75, 3.05) is 13.1 Å². The molecule has 1 saturated heterocycles. The van der Waals surface area contributed by atoms with Crippen LogP contribution in [0.15, 0.2) is 30.3 Å². The highest BCUT2D eigenvalue weighted by Gasteiger charge is 2.27. The number of benzene rings is 1. The molecular weight excluding hydrogens is 222 g/mol. The third kappa shape index (κ3) is 2.56. The van der Waals surface area contributed by atoms with E-state index < -0.39 is 0 Å². The third-order valence-electron chi connectivity index (χ3n) is 3.18. The molecule has 0 N–H and O–H groups in total. The van der Waals surface area contributed by atoms with Crippen molar-refractivity contribution in [3.8, 4) is 0 Å². The Morgan fingerprint density at radius 1 is 1.31 bits per heavy atom. The molecule has 3 heteroatoms. The second kappa shape index (κ2) is 4.88.